The highest BCUT2D eigenvalue weighted by Gasteiger charge is 2.05. The SMILES string of the molecule is CCc1ccc(CC(O)CCN(C)C)cc1. The van der Waals surface area contributed by atoms with E-state index < -0.39 is 0 Å². The molecule has 1 rings (SSSR count). The van der Waals surface area contributed by atoms with Crippen molar-refractivity contribution < 1.29 is 5.11 Å². The van der Waals surface area contributed by atoms with Crippen LogP contribution in [-0.2, 0) is 12.8 Å². The lowest BCUT2D eigenvalue weighted by Crippen LogP contribution is -2.20. The Bertz CT molecular complexity index is 292. The van der Waals surface area contributed by atoms with Gasteiger partial charge in [0.1, 0.15) is 0 Å². The van der Waals surface area contributed by atoms with E-state index >= 15 is 0 Å². The zero-order valence-corrected chi connectivity index (χ0v) is 10.6. The largest absolute Gasteiger partial charge is 0.393 e. The maximum absolute atomic E-state index is 9.85. The van der Waals surface area contributed by atoms with E-state index in [9.17, 15) is 5.11 Å². The molecule has 0 aliphatic heterocycles. The Hall–Kier alpha value is -0.860. The smallest absolute Gasteiger partial charge is 0.0592 e. The predicted octanol–water partition coefficient (Wildman–Crippen LogP) is 2.10. The van der Waals surface area contributed by atoms with E-state index in [0.717, 1.165) is 25.8 Å². The van der Waals surface area contributed by atoms with Crippen LogP contribution >= 0.6 is 0 Å². The van der Waals surface area contributed by atoms with Gasteiger partial charge in [-0.05, 0) is 51.0 Å². The fourth-order valence-corrected chi connectivity index (χ4v) is 1.69. The number of hydrogen-bond acceptors (Lipinski definition) is 2. The van der Waals surface area contributed by atoms with Crippen LogP contribution in [0.1, 0.15) is 24.5 Å². The lowest BCUT2D eigenvalue weighted by molar-refractivity contribution is 0.152. The molecule has 0 heterocycles. The molecule has 1 aromatic carbocycles. The summed E-state index contributed by atoms with van der Waals surface area (Å²) < 4.78 is 0. The highest BCUT2D eigenvalue weighted by molar-refractivity contribution is 5.22. The van der Waals surface area contributed by atoms with Crippen molar-refractivity contribution in [3.63, 3.8) is 0 Å². The van der Waals surface area contributed by atoms with Crippen molar-refractivity contribution in [3.8, 4) is 0 Å². The van der Waals surface area contributed by atoms with E-state index in [1.165, 1.54) is 11.1 Å². The second kappa shape index (κ2) is 6.66. The van der Waals surface area contributed by atoms with Gasteiger partial charge in [0.05, 0.1) is 6.10 Å². The van der Waals surface area contributed by atoms with Crippen LogP contribution in [0.3, 0.4) is 0 Å². The molecular formula is C14H23NO. The molecule has 2 nitrogen and oxygen atoms in total. The third kappa shape index (κ3) is 4.77. The quantitative estimate of drug-likeness (QED) is 0.795. The summed E-state index contributed by atoms with van der Waals surface area (Å²) in [6, 6.07) is 8.54. The summed E-state index contributed by atoms with van der Waals surface area (Å²) in [6.07, 6.45) is 2.44. The fourth-order valence-electron chi connectivity index (χ4n) is 1.69. The highest BCUT2D eigenvalue weighted by atomic mass is 16.3. The molecule has 0 saturated carbocycles. The third-order valence-electron chi connectivity index (χ3n) is 2.81. The minimum Gasteiger partial charge on any atom is -0.393 e. The highest BCUT2D eigenvalue weighted by Crippen LogP contribution is 2.09. The van der Waals surface area contributed by atoms with Crippen molar-refractivity contribution >= 4 is 0 Å². The van der Waals surface area contributed by atoms with Crippen LogP contribution in [0.15, 0.2) is 24.3 Å². The average molecular weight is 221 g/mol. The summed E-state index contributed by atoms with van der Waals surface area (Å²) in [4.78, 5) is 2.10. The van der Waals surface area contributed by atoms with E-state index in [1.807, 2.05) is 14.1 Å². The van der Waals surface area contributed by atoms with Gasteiger partial charge >= 0.3 is 0 Å². The number of aliphatic hydroxyl groups is 1. The van der Waals surface area contributed by atoms with Gasteiger partial charge in [0.15, 0.2) is 0 Å². The Morgan fingerprint density at radius 2 is 1.69 bits per heavy atom. The first-order valence-electron chi connectivity index (χ1n) is 6.02. The first-order chi connectivity index (χ1) is 7.61. The number of nitrogens with zero attached hydrogens (tertiary/aromatic N) is 1. The van der Waals surface area contributed by atoms with Crippen LogP contribution < -0.4 is 0 Å². The van der Waals surface area contributed by atoms with Crippen LogP contribution in [0.5, 0.6) is 0 Å². The summed E-state index contributed by atoms with van der Waals surface area (Å²) in [7, 11) is 4.06. The Balaban J connectivity index is 2.40. The number of aryl methyl sites for hydroxylation is 1. The van der Waals surface area contributed by atoms with Gasteiger partial charge in [0, 0.05) is 0 Å². The summed E-state index contributed by atoms with van der Waals surface area (Å²) >= 11 is 0. The molecule has 0 spiro atoms. The molecular weight excluding hydrogens is 198 g/mol. The first-order valence-corrected chi connectivity index (χ1v) is 6.02. The summed E-state index contributed by atoms with van der Waals surface area (Å²) in [5.41, 5.74) is 2.58. The summed E-state index contributed by atoms with van der Waals surface area (Å²) in [5.74, 6) is 0. The minimum absolute atomic E-state index is 0.227. The molecule has 90 valence electrons. The summed E-state index contributed by atoms with van der Waals surface area (Å²) in [6.45, 7) is 3.09. The van der Waals surface area contributed by atoms with Crippen LogP contribution in [0, 0.1) is 0 Å². The zero-order chi connectivity index (χ0) is 12.0. The third-order valence-corrected chi connectivity index (χ3v) is 2.81. The van der Waals surface area contributed by atoms with Crippen LogP contribution in [0.2, 0.25) is 0 Å². The zero-order valence-electron chi connectivity index (χ0n) is 10.6. The van der Waals surface area contributed by atoms with Crippen molar-refractivity contribution in [1.29, 1.82) is 0 Å². The standard InChI is InChI=1S/C14H23NO/c1-4-12-5-7-13(8-6-12)11-14(16)9-10-15(2)3/h5-8,14,16H,4,9-11H2,1-3H3. The number of aliphatic hydroxyl groups excluding tert-OH is 1. The normalized spacial score (nSPS) is 13.1. The molecule has 0 bridgehead atoms. The molecule has 0 aromatic heterocycles. The fraction of sp³-hybridized carbons (Fsp3) is 0.571. The number of hydrogen-bond donors (Lipinski definition) is 1. The van der Waals surface area contributed by atoms with Crippen LogP contribution in [0.4, 0.5) is 0 Å². The molecule has 0 radical (unpaired) electrons. The van der Waals surface area contributed by atoms with E-state index in [0.29, 0.717) is 0 Å². The Morgan fingerprint density at radius 1 is 1.12 bits per heavy atom. The Morgan fingerprint density at radius 3 is 2.19 bits per heavy atom. The molecule has 1 aromatic rings. The van der Waals surface area contributed by atoms with Gasteiger partial charge in [-0.15, -0.1) is 0 Å². The van der Waals surface area contributed by atoms with Crippen molar-refractivity contribution in [2.24, 2.45) is 0 Å². The Kier molecular flexibility index (Phi) is 5.50. The second-order valence-electron chi connectivity index (χ2n) is 4.62. The van der Waals surface area contributed by atoms with E-state index in [1.54, 1.807) is 0 Å². The maximum atomic E-state index is 9.85. The van der Waals surface area contributed by atoms with Gasteiger partial charge < -0.3 is 10.0 Å². The number of rotatable bonds is 6. The van der Waals surface area contributed by atoms with Crippen molar-refractivity contribution in [1.82, 2.24) is 4.90 Å². The molecule has 0 aliphatic rings. The van der Waals surface area contributed by atoms with Crippen molar-refractivity contribution in [2.75, 3.05) is 20.6 Å². The lowest BCUT2D eigenvalue weighted by atomic mass is 10.0. The van der Waals surface area contributed by atoms with Crippen LogP contribution in [0.25, 0.3) is 0 Å². The molecule has 0 aliphatic carbocycles. The number of benzene rings is 1. The van der Waals surface area contributed by atoms with Gasteiger partial charge in [-0.2, -0.15) is 0 Å². The van der Waals surface area contributed by atoms with Gasteiger partial charge in [0.2, 0.25) is 0 Å². The molecule has 2 heteroatoms. The van der Waals surface area contributed by atoms with E-state index in [2.05, 4.69) is 36.1 Å². The van der Waals surface area contributed by atoms with Gasteiger partial charge in [-0.1, -0.05) is 31.2 Å². The van der Waals surface area contributed by atoms with Gasteiger partial charge in [0.25, 0.3) is 0 Å². The topological polar surface area (TPSA) is 23.5 Å². The average Bonchev–Trinajstić information content (AvgIpc) is 2.27. The molecule has 16 heavy (non-hydrogen) atoms. The molecule has 1 unspecified atom stereocenters. The second-order valence-corrected chi connectivity index (χ2v) is 4.62. The predicted molar refractivity (Wildman–Crippen MR) is 68.7 cm³/mol. The van der Waals surface area contributed by atoms with Crippen molar-refractivity contribution in [3.05, 3.63) is 35.4 Å². The monoisotopic (exact) mass is 221 g/mol. The van der Waals surface area contributed by atoms with E-state index in [4.69, 9.17) is 0 Å². The van der Waals surface area contributed by atoms with Crippen molar-refractivity contribution in [2.45, 2.75) is 32.3 Å². The van der Waals surface area contributed by atoms with Crippen LogP contribution in [-0.4, -0.2) is 36.8 Å². The lowest BCUT2D eigenvalue weighted by Gasteiger charge is -2.14. The molecule has 0 saturated heterocycles. The first kappa shape index (κ1) is 13.2. The molecule has 1 atom stereocenters. The van der Waals surface area contributed by atoms with Gasteiger partial charge in [-0.3, -0.25) is 0 Å². The van der Waals surface area contributed by atoms with Gasteiger partial charge in [-0.25, -0.2) is 0 Å². The molecule has 1 N–H and O–H groups in total. The van der Waals surface area contributed by atoms with E-state index in [-0.39, 0.29) is 6.10 Å². The maximum Gasteiger partial charge on any atom is 0.0592 e. The molecule has 0 fully saturated rings. The minimum atomic E-state index is -0.227. The molecule has 0 amide bonds. The Labute approximate surface area is 98.9 Å². The summed E-state index contributed by atoms with van der Waals surface area (Å²) in [5, 5.41) is 9.85.